The van der Waals surface area contributed by atoms with Crippen molar-refractivity contribution in [3.63, 3.8) is 0 Å². The second kappa shape index (κ2) is 4.74. The first-order valence-corrected chi connectivity index (χ1v) is 7.27. The Bertz CT molecular complexity index is 511. The van der Waals surface area contributed by atoms with Gasteiger partial charge >= 0.3 is 0 Å². The molecule has 2 saturated heterocycles. The lowest BCUT2D eigenvalue weighted by molar-refractivity contribution is 0.0901. The summed E-state index contributed by atoms with van der Waals surface area (Å²) in [6.07, 6.45) is 6.00. The Morgan fingerprint density at radius 1 is 1.39 bits per heavy atom. The number of nitrogens with zero attached hydrogens (tertiary/aromatic N) is 2. The molecule has 2 unspecified atom stereocenters. The number of carbonyl (C=O) groups excluding carboxylic acids is 1. The molecule has 3 rings (SSSR count). The molecule has 92 valence electrons. The molecule has 18 heavy (non-hydrogen) atoms. The summed E-state index contributed by atoms with van der Waals surface area (Å²) in [4.78, 5) is 16.6. The first-order chi connectivity index (χ1) is 8.78. The van der Waals surface area contributed by atoms with Gasteiger partial charge in [-0.2, -0.15) is 17.0 Å². The quantitative estimate of drug-likeness (QED) is 0.765. The van der Waals surface area contributed by atoms with Gasteiger partial charge in [-0.25, -0.2) is 0 Å². The van der Waals surface area contributed by atoms with E-state index in [4.69, 9.17) is 5.26 Å². The van der Waals surface area contributed by atoms with Gasteiger partial charge < -0.3 is 0 Å². The molecule has 2 aliphatic rings. The molecule has 1 aromatic heterocycles. The van der Waals surface area contributed by atoms with Crippen molar-refractivity contribution in [1.82, 2.24) is 4.98 Å². The second-order valence-electron chi connectivity index (χ2n) is 5.00. The number of pyridine rings is 1. The minimum atomic E-state index is 0.0735. The van der Waals surface area contributed by atoms with E-state index in [9.17, 15) is 4.79 Å². The first kappa shape index (κ1) is 11.7. The summed E-state index contributed by atoms with van der Waals surface area (Å²) in [5.41, 5.74) is 0.782. The lowest BCUT2D eigenvalue weighted by atomic mass is 9.91. The largest absolute Gasteiger partial charge is 0.292 e. The highest BCUT2D eigenvalue weighted by atomic mass is 32.2. The maximum atomic E-state index is 12.5. The van der Waals surface area contributed by atoms with Gasteiger partial charge in [0.05, 0.1) is 5.56 Å². The molecule has 2 atom stereocenters. The van der Waals surface area contributed by atoms with Crippen LogP contribution in [0.15, 0.2) is 18.3 Å². The summed E-state index contributed by atoms with van der Waals surface area (Å²) in [6.45, 7) is 0. The Balaban J connectivity index is 1.84. The molecule has 0 amide bonds. The van der Waals surface area contributed by atoms with E-state index in [1.165, 1.54) is 12.8 Å². The SMILES string of the molecule is N#Cc1cccnc1C(=O)C1CC2CCC(C1)S2. The van der Waals surface area contributed by atoms with Crippen molar-refractivity contribution in [2.45, 2.75) is 36.2 Å². The minimum absolute atomic E-state index is 0.0735. The number of aromatic nitrogens is 1. The number of Topliss-reactive ketones (excluding diaryl/α,β-unsaturated/α-hetero) is 1. The van der Waals surface area contributed by atoms with Crippen molar-refractivity contribution < 1.29 is 4.79 Å². The van der Waals surface area contributed by atoms with Crippen molar-refractivity contribution >= 4 is 17.5 Å². The number of hydrogen-bond donors (Lipinski definition) is 0. The van der Waals surface area contributed by atoms with Crippen LogP contribution in [0.3, 0.4) is 0 Å². The van der Waals surface area contributed by atoms with Gasteiger partial charge in [-0.15, -0.1) is 0 Å². The Labute approximate surface area is 111 Å². The number of rotatable bonds is 2. The molecular formula is C14H14N2OS. The molecular weight excluding hydrogens is 244 g/mol. The topological polar surface area (TPSA) is 53.8 Å². The van der Waals surface area contributed by atoms with E-state index >= 15 is 0 Å². The number of fused-ring (bicyclic) bond motifs is 2. The Morgan fingerprint density at radius 3 is 2.78 bits per heavy atom. The molecule has 0 N–H and O–H groups in total. The van der Waals surface area contributed by atoms with E-state index < -0.39 is 0 Å². The van der Waals surface area contributed by atoms with Crippen molar-refractivity contribution in [2.24, 2.45) is 5.92 Å². The van der Waals surface area contributed by atoms with E-state index in [0.717, 1.165) is 12.8 Å². The summed E-state index contributed by atoms with van der Waals surface area (Å²) < 4.78 is 0. The zero-order valence-corrected chi connectivity index (χ0v) is 10.8. The minimum Gasteiger partial charge on any atom is -0.292 e. The third-order valence-corrected chi connectivity index (χ3v) is 5.45. The monoisotopic (exact) mass is 258 g/mol. The van der Waals surface area contributed by atoms with Crippen LogP contribution in [0.4, 0.5) is 0 Å². The molecule has 0 saturated carbocycles. The van der Waals surface area contributed by atoms with Gasteiger partial charge in [0, 0.05) is 22.6 Å². The molecule has 2 fully saturated rings. The van der Waals surface area contributed by atoms with Crippen LogP contribution in [0.25, 0.3) is 0 Å². The molecule has 3 nitrogen and oxygen atoms in total. The highest BCUT2D eigenvalue weighted by Gasteiger charge is 2.38. The third-order valence-electron chi connectivity index (χ3n) is 3.82. The predicted octanol–water partition coefficient (Wildman–Crippen LogP) is 2.81. The van der Waals surface area contributed by atoms with Gasteiger partial charge in [0.15, 0.2) is 5.78 Å². The average molecular weight is 258 g/mol. The molecule has 2 bridgehead atoms. The fourth-order valence-electron chi connectivity index (χ4n) is 2.96. The van der Waals surface area contributed by atoms with Gasteiger partial charge in [0.1, 0.15) is 11.8 Å². The zero-order chi connectivity index (χ0) is 12.5. The Hall–Kier alpha value is -1.34. The van der Waals surface area contributed by atoms with E-state index in [2.05, 4.69) is 11.1 Å². The summed E-state index contributed by atoms with van der Waals surface area (Å²) in [5, 5.41) is 10.3. The number of hydrogen-bond acceptors (Lipinski definition) is 4. The number of thioether (sulfide) groups is 1. The highest BCUT2D eigenvalue weighted by Crippen LogP contribution is 2.46. The van der Waals surface area contributed by atoms with Crippen molar-refractivity contribution in [3.05, 3.63) is 29.6 Å². The maximum Gasteiger partial charge on any atom is 0.185 e. The van der Waals surface area contributed by atoms with E-state index in [1.807, 2.05) is 11.8 Å². The Morgan fingerprint density at radius 2 is 2.11 bits per heavy atom. The molecule has 0 radical (unpaired) electrons. The van der Waals surface area contributed by atoms with Crippen LogP contribution >= 0.6 is 11.8 Å². The normalized spacial score (nSPS) is 29.8. The maximum absolute atomic E-state index is 12.5. The molecule has 1 aromatic rings. The van der Waals surface area contributed by atoms with Gasteiger partial charge in [0.2, 0.25) is 0 Å². The van der Waals surface area contributed by atoms with Gasteiger partial charge in [-0.3, -0.25) is 9.78 Å². The number of ketones is 1. The van der Waals surface area contributed by atoms with Crippen molar-refractivity contribution in [3.8, 4) is 6.07 Å². The second-order valence-corrected chi connectivity index (χ2v) is 6.61. The average Bonchev–Trinajstić information content (AvgIpc) is 2.76. The van der Waals surface area contributed by atoms with Crippen LogP contribution in [0.2, 0.25) is 0 Å². The number of carbonyl (C=O) groups is 1. The smallest absolute Gasteiger partial charge is 0.185 e. The standard InChI is InChI=1S/C14H14N2OS/c15-8-9-2-1-5-16-13(9)14(17)10-6-11-3-4-12(7-10)18-11/h1-2,5,10-12H,3-4,6-7H2. The summed E-state index contributed by atoms with van der Waals surface area (Å²) in [6, 6.07) is 5.44. The molecule has 3 heterocycles. The number of nitriles is 1. The van der Waals surface area contributed by atoms with Gasteiger partial charge in [0.25, 0.3) is 0 Å². The van der Waals surface area contributed by atoms with Gasteiger partial charge in [-0.05, 0) is 37.8 Å². The van der Waals surface area contributed by atoms with E-state index in [1.54, 1.807) is 18.3 Å². The highest BCUT2D eigenvalue weighted by molar-refractivity contribution is 8.00. The summed E-state index contributed by atoms with van der Waals surface area (Å²) in [7, 11) is 0. The summed E-state index contributed by atoms with van der Waals surface area (Å²) >= 11 is 2.04. The van der Waals surface area contributed by atoms with Crippen LogP contribution in [-0.2, 0) is 0 Å². The fourth-order valence-corrected chi connectivity index (χ4v) is 4.73. The van der Waals surface area contributed by atoms with Gasteiger partial charge in [-0.1, -0.05) is 0 Å². The molecule has 2 aliphatic heterocycles. The van der Waals surface area contributed by atoms with Crippen LogP contribution in [0.5, 0.6) is 0 Å². The van der Waals surface area contributed by atoms with Crippen LogP contribution in [0, 0.1) is 17.2 Å². The lowest BCUT2D eigenvalue weighted by Crippen LogP contribution is -2.26. The van der Waals surface area contributed by atoms with Crippen molar-refractivity contribution in [2.75, 3.05) is 0 Å². The van der Waals surface area contributed by atoms with Crippen molar-refractivity contribution in [1.29, 1.82) is 5.26 Å². The van der Waals surface area contributed by atoms with Crippen LogP contribution in [-0.4, -0.2) is 21.3 Å². The lowest BCUT2D eigenvalue weighted by Gasteiger charge is -2.26. The van der Waals surface area contributed by atoms with E-state index in [0.29, 0.717) is 21.8 Å². The molecule has 0 aliphatic carbocycles. The Kier molecular flexibility index (Phi) is 3.09. The zero-order valence-electron chi connectivity index (χ0n) is 10.0. The third kappa shape index (κ3) is 2.04. The first-order valence-electron chi connectivity index (χ1n) is 6.32. The van der Waals surface area contributed by atoms with E-state index in [-0.39, 0.29) is 11.7 Å². The molecule has 0 aromatic carbocycles. The molecule has 0 spiro atoms. The summed E-state index contributed by atoms with van der Waals surface area (Å²) in [5.74, 6) is 0.148. The fraction of sp³-hybridized carbons (Fsp3) is 0.500. The van der Waals surface area contributed by atoms with Crippen LogP contribution < -0.4 is 0 Å². The molecule has 4 heteroatoms. The van der Waals surface area contributed by atoms with Crippen LogP contribution in [0.1, 0.15) is 41.7 Å². The predicted molar refractivity (Wildman–Crippen MR) is 70.4 cm³/mol.